The molecule has 7 heteroatoms. The first-order chi connectivity index (χ1) is 12.0. The minimum atomic E-state index is -0.319. The van der Waals surface area contributed by atoms with Gasteiger partial charge in [-0.2, -0.15) is 0 Å². The molecule has 0 unspecified atom stereocenters. The quantitative estimate of drug-likeness (QED) is 0.539. The fourth-order valence-electron chi connectivity index (χ4n) is 2.39. The zero-order chi connectivity index (χ0) is 18.0. The minimum absolute atomic E-state index is 0.0532. The summed E-state index contributed by atoms with van der Waals surface area (Å²) < 4.78 is 5.73. The van der Waals surface area contributed by atoms with Crippen LogP contribution in [0.3, 0.4) is 0 Å². The molecule has 3 rings (SSSR count). The van der Waals surface area contributed by atoms with Crippen LogP contribution in [0.25, 0.3) is 6.08 Å². The molecule has 1 saturated heterocycles. The second kappa shape index (κ2) is 7.49. The highest BCUT2D eigenvalue weighted by Gasteiger charge is 2.35. The fraction of sp³-hybridized carbons (Fsp3) is 0.111. The summed E-state index contributed by atoms with van der Waals surface area (Å²) in [6.07, 6.45) is 1.64. The number of rotatable bonds is 4. The van der Waals surface area contributed by atoms with Crippen molar-refractivity contribution in [2.24, 2.45) is 0 Å². The lowest BCUT2D eigenvalue weighted by molar-refractivity contribution is -0.123. The summed E-state index contributed by atoms with van der Waals surface area (Å²) in [5, 5.41) is 9.60. The number of hydrogen-bond donors (Lipinski definition) is 1. The smallest absolute Gasteiger partial charge is 0.293 e. The molecule has 2 amide bonds. The van der Waals surface area contributed by atoms with Crippen molar-refractivity contribution in [1.29, 1.82) is 0 Å². The Morgan fingerprint density at radius 2 is 1.96 bits per heavy atom. The van der Waals surface area contributed by atoms with Crippen LogP contribution < -0.4 is 4.74 Å². The summed E-state index contributed by atoms with van der Waals surface area (Å²) in [7, 11) is 1.46. The Hall–Kier alpha value is -2.00. The van der Waals surface area contributed by atoms with Crippen molar-refractivity contribution in [3.05, 3.63) is 62.1 Å². The van der Waals surface area contributed by atoms with E-state index in [-0.39, 0.29) is 23.4 Å². The topological polar surface area (TPSA) is 66.8 Å². The number of phenols is 1. The zero-order valence-corrected chi connectivity index (χ0v) is 16.2. The first kappa shape index (κ1) is 17.8. The van der Waals surface area contributed by atoms with Gasteiger partial charge in [-0.05, 0) is 63.7 Å². The first-order valence-corrected chi connectivity index (χ1v) is 9.25. The molecule has 0 atom stereocenters. The van der Waals surface area contributed by atoms with Crippen LogP contribution in [0, 0.1) is 3.57 Å². The fourth-order valence-corrected chi connectivity index (χ4v) is 3.85. The number of benzene rings is 2. The van der Waals surface area contributed by atoms with E-state index in [9.17, 15) is 14.7 Å². The molecule has 0 saturated carbocycles. The largest absolute Gasteiger partial charge is 0.504 e. The maximum Gasteiger partial charge on any atom is 0.293 e. The number of phenolic OH excluding ortho intramolecular Hbond substituents is 1. The molecule has 2 aromatic rings. The van der Waals surface area contributed by atoms with Gasteiger partial charge in [0.05, 0.1) is 22.1 Å². The van der Waals surface area contributed by atoms with Crippen molar-refractivity contribution >= 4 is 51.6 Å². The third-order valence-corrected chi connectivity index (χ3v) is 5.36. The van der Waals surface area contributed by atoms with Gasteiger partial charge in [0.1, 0.15) is 0 Å². The maximum atomic E-state index is 12.6. The number of carbonyl (C=O) groups excluding carboxylic acids is 2. The van der Waals surface area contributed by atoms with Gasteiger partial charge in [-0.3, -0.25) is 14.5 Å². The second-order valence-corrected chi connectivity index (χ2v) is 7.46. The summed E-state index contributed by atoms with van der Waals surface area (Å²) in [6.45, 7) is 0.249. The third-order valence-electron chi connectivity index (χ3n) is 3.63. The molecule has 0 aliphatic carbocycles. The van der Waals surface area contributed by atoms with Crippen LogP contribution in [0.1, 0.15) is 11.1 Å². The Labute approximate surface area is 162 Å². The van der Waals surface area contributed by atoms with Crippen LogP contribution in [0.15, 0.2) is 47.4 Å². The van der Waals surface area contributed by atoms with Gasteiger partial charge in [0.25, 0.3) is 11.1 Å². The molecule has 1 N–H and O–H groups in total. The molecule has 5 nitrogen and oxygen atoms in total. The van der Waals surface area contributed by atoms with E-state index in [1.165, 1.54) is 12.0 Å². The second-order valence-electron chi connectivity index (χ2n) is 5.31. The number of imide groups is 1. The van der Waals surface area contributed by atoms with Crippen molar-refractivity contribution < 1.29 is 19.4 Å². The highest BCUT2D eigenvalue weighted by atomic mass is 127. The zero-order valence-electron chi connectivity index (χ0n) is 13.2. The molecule has 1 aliphatic heterocycles. The van der Waals surface area contributed by atoms with E-state index in [2.05, 4.69) is 0 Å². The summed E-state index contributed by atoms with van der Waals surface area (Å²) in [5.74, 6) is 0.0556. The Morgan fingerprint density at radius 1 is 1.24 bits per heavy atom. The number of methoxy groups -OCH3 is 1. The van der Waals surface area contributed by atoms with Crippen molar-refractivity contribution in [3.63, 3.8) is 0 Å². The van der Waals surface area contributed by atoms with Gasteiger partial charge in [-0.25, -0.2) is 0 Å². The number of thioether (sulfide) groups is 1. The van der Waals surface area contributed by atoms with E-state index in [0.29, 0.717) is 19.8 Å². The predicted molar refractivity (Wildman–Crippen MR) is 105 cm³/mol. The number of aromatic hydroxyl groups is 1. The van der Waals surface area contributed by atoms with E-state index >= 15 is 0 Å². The molecule has 25 heavy (non-hydrogen) atoms. The van der Waals surface area contributed by atoms with E-state index in [0.717, 1.165) is 17.3 Å². The summed E-state index contributed by atoms with van der Waals surface area (Å²) >= 11 is 2.90. The molecule has 0 spiro atoms. The molecule has 1 heterocycles. The highest BCUT2D eigenvalue weighted by molar-refractivity contribution is 14.1. The first-order valence-electron chi connectivity index (χ1n) is 7.35. The lowest BCUT2D eigenvalue weighted by atomic mass is 10.1. The Bertz CT molecular complexity index is 867. The van der Waals surface area contributed by atoms with Gasteiger partial charge >= 0.3 is 0 Å². The molecule has 2 aromatic carbocycles. The lowest BCUT2D eigenvalue weighted by Crippen LogP contribution is -2.27. The molecule has 1 aliphatic rings. The number of ether oxygens (including phenoxy) is 1. The van der Waals surface area contributed by atoms with Crippen LogP contribution in [-0.4, -0.2) is 28.3 Å². The van der Waals surface area contributed by atoms with Crippen molar-refractivity contribution in [3.8, 4) is 11.5 Å². The standard InChI is InChI=1S/C18H14INO4S/c1-24-14-8-12(7-13(19)16(14)21)9-15-17(22)20(18(23)25-15)10-11-5-3-2-4-6-11/h2-9,21H,10H2,1H3/b15-9-. The number of halogens is 1. The Kier molecular flexibility index (Phi) is 5.33. The number of carbonyl (C=O) groups is 2. The summed E-state index contributed by atoms with van der Waals surface area (Å²) in [4.78, 5) is 26.3. The van der Waals surface area contributed by atoms with E-state index in [1.54, 1.807) is 18.2 Å². The molecular formula is C18H14INO4S. The molecule has 0 aromatic heterocycles. The summed E-state index contributed by atoms with van der Waals surface area (Å²) in [6, 6.07) is 12.7. The highest BCUT2D eigenvalue weighted by Crippen LogP contribution is 2.36. The molecule has 0 bridgehead atoms. The van der Waals surface area contributed by atoms with Gasteiger partial charge in [-0.1, -0.05) is 30.3 Å². The number of amides is 2. The minimum Gasteiger partial charge on any atom is -0.504 e. The lowest BCUT2D eigenvalue weighted by Gasteiger charge is -2.12. The average molecular weight is 467 g/mol. The van der Waals surface area contributed by atoms with Crippen molar-refractivity contribution in [1.82, 2.24) is 4.90 Å². The van der Waals surface area contributed by atoms with E-state index in [4.69, 9.17) is 4.74 Å². The molecule has 1 fully saturated rings. The normalized spacial score (nSPS) is 15.9. The van der Waals surface area contributed by atoms with Crippen LogP contribution in [0.5, 0.6) is 11.5 Å². The molecular weight excluding hydrogens is 453 g/mol. The molecule has 128 valence electrons. The van der Waals surface area contributed by atoms with Gasteiger partial charge in [0.2, 0.25) is 0 Å². The van der Waals surface area contributed by atoms with Gasteiger partial charge in [0.15, 0.2) is 11.5 Å². The van der Waals surface area contributed by atoms with Crippen molar-refractivity contribution in [2.75, 3.05) is 7.11 Å². The number of nitrogens with zero attached hydrogens (tertiary/aromatic N) is 1. The van der Waals surface area contributed by atoms with Gasteiger partial charge in [-0.15, -0.1) is 0 Å². The average Bonchev–Trinajstić information content (AvgIpc) is 2.86. The van der Waals surface area contributed by atoms with Crippen LogP contribution >= 0.6 is 34.4 Å². The Morgan fingerprint density at radius 3 is 2.64 bits per heavy atom. The predicted octanol–water partition coefficient (Wildman–Crippen LogP) is 4.24. The SMILES string of the molecule is COc1cc(/C=C2\SC(=O)N(Cc3ccccc3)C2=O)cc(I)c1O. The maximum absolute atomic E-state index is 12.6. The van der Waals surface area contributed by atoms with Crippen molar-refractivity contribution in [2.45, 2.75) is 6.54 Å². The Balaban J connectivity index is 1.87. The number of hydrogen-bond acceptors (Lipinski definition) is 5. The van der Waals surface area contributed by atoms with E-state index < -0.39 is 0 Å². The monoisotopic (exact) mass is 467 g/mol. The third kappa shape index (κ3) is 3.82. The molecule has 0 radical (unpaired) electrons. The van der Waals surface area contributed by atoms with Crippen LogP contribution in [-0.2, 0) is 11.3 Å². The van der Waals surface area contributed by atoms with Crippen LogP contribution in [0.2, 0.25) is 0 Å². The van der Waals surface area contributed by atoms with Gasteiger partial charge < -0.3 is 9.84 Å². The van der Waals surface area contributed by atoms with E-state index in [1.807, 2.05) is 52.9 Å². The summed E-state index contributed by atoms with van der Waals surface area (Å²) in [5.41, 5.74) is 1.58. The van der Waals surface area contributed by atoms with Gasteiger partial charge in [0, 0.05) is 0 Å². The van der Waals surface area contributed by atoms with Crippen LogP contribution in [0.4, 0.5) is 4.79 Å².